The highest BCUT2D eigenvalue weighted by atomic mass is 32.1. The Balaban J connectivity index is 1.57. The summed E-state index contributed by atoms with van der Waals surface area (Å²) in [6.07, 6.45) is 0.697. The number of carbonyl (C=O) groups is 1. The second kappa shape index (κ2) is 6.29. The summed E-state index contributed by atoms with van der Waals surface area (Å²) in [4.78, 5) is 12.6. The first kappa shape index (κ1) is 14.7. The maximum absolute atomic E-state index is 12.0. The Morgan fingerprint density at radius 3 is 2.75 bits per heavy atom. The van der Waals surface area contributed by atoms with E-state index in [1.165, 1.54) is 16.9 Å². The Hall–Kier alpha value is -2.92. The van der Waals surface area contributed by atoms with E-state index in [0.717, 1.165) is 11.1 Å². The Morgan fingerprint density at radius 1 is 1.08 bits per heavy atom. The van der Waals surface area contributed by atoms with E-state index in [4.69, 9.17) is 9.26 Å². The van der Waals surface area contributed by atoms with Gasteiger partial charge in [-0.05, 0) is 29.1 Å². The molecular weight excluding hydrogens is 322 g/mol. The van der Waals surface area contributed by atoms with Crippen LogP contribution in [0.25, 0.3) is 11.0 Å². The maximum atomic E-state index is 12.0. The third kappa shape index (κ3) is 2.94. The number of esters is 1. The largest absolute Gasteiger partial charge is 0.422 e. The fourth-order valence-corrected chi connectivity index (χ4v) is 3.10. The lowest BCUT2D eigenvalue weighted by atomic mass is 10.1. The van der Waals surface area contributed by atoms with Crippen molar-refractivity contribution in [3.8, 4) is 5.75 Å². The molecule has 0 saturated carbocycles. The molecule has 0 radical (unpaired) electrons. The quantitative estimate of drug-likeness (QED) is 0.401. The number of hydrogen-bond acceptors (Lipinski definition) is 5. The molecule has 0 atom stereocenters. The van der Waals surface area contributed by atoms with E-state index in [9.17, 15) is 4.79 Å². The number of nitrogens with zero attached hydrogens (tertiary/aromatic N) is 1. The SMILES string of the molecule is O=C(Oc1ccc2c(Cc3ccccc3)noc2c1)c1cccs1. The van der Waals surface area contributed by atoms with Gasteiger partial charge >= 0.3 is 5.97 Å². The predicted molar refractivity (Wildman–Crippen MR) is 92.5 cm³/mol. The third-order valence-electron chi connectivity index (χ3n) is 3.67. The number of thiophene rings is 1. The van der Waals surface area contributed by atoms with E-state index < -0.39 is 0 Å². The minimum absolute atomic E-state index is 0.367. The van der Waals surface area contributed by atoms with Crippen molar-refractivity contribution in [2.45, 2.75) is 6.42 Å². The van der Waals surface area contributed by atoms with Crippen LogP contribution in [0.15, 0.2) is 70.6 Å². The molecule has 0 spiro atoms. The van der Waals surface area contributed by atoms with Gasteiger partial charge < -0.3 is 9.26 Å². The highest BCUT2D eigenvalue weighted by molar-refractivity contribution is 7.12. The van der Waals surface area contributed by atoms with E-state index in [0.29, 0.717) is 22.6 Å². The van der Waals surface area contributed by atoms with Crippen LogP contribution in [0.1, 0.15) is 20.9 Å². The van der Waals surface area contributed by atoms with Crippen molar-refractivity contribution in [3.63, 3.8) is 0 Å². The zero-order valence-electron chi connectivity index (χ0n) is 12.6. The molecule has 2 heterocycles. The number of ether oxygens (including phenoxy) is 1. The van der Waals surface area contributed by atoms with Gasteiger partial charge in [-0.2, -0.15) is 0 Å². The zero-order valence-corrected chi connectivity index (χ0v) is 13.5. The summed E-state index contributed by atoms with van der Waals surface area (Å²) in [5, 5.41) is 6.91. The molecule has 2 aromatic heterocycles. The number of hydrogen-bond donors (Lipinski definition) is 0. The summed E-state index contributed by atoms with van der Waals surface area (Å²) in [6, 6.07) is 19.0. The summed E-state index contributed by atoms with van der Waals surface area (Å²) in [5.41, 5.74) is 2.64. The fraction of sp³-hybridized carbons (Fsp3) is 0.0526. The fourth-order valence-electron chi connectivity index (χ4n) is 2.50. The van der Waals surface area contributed by atoms with Gasteiger partial charge in [-0.1, -0.05) is 41.6 Å². The number of benzene rings is 2. The number of rotatable bonds is 4. The van der Waals surface area contributed by atoms with Gasteiger partial charge in [0.1, 0.15) is 10.6 Å². The molecule has 24 heavy (non-hydrogen) atoms. The highest BCUT2D eigenvalue weighted by Gasteiger charge is 2.13. The van der Waals surface area contributed by atoms with Crippen molar-refractivity contribution in [3.05, 3.63) is 82.2 Å². The van der Waals surface area contributed by atoms with Gasteiger partial charge in [-0.3, -0.25) is 0 Å². The molecule has 2 aromatic carbocycles. The van der Waals surface area contributed by atoms with Crippen LogP contribution in [0, 0.1) is 0 Å². The first-order valence-corrected chi connectivity index (χ1v) is 8.35. The first-order valence-electron chi connectivity index (χ1n) is 7.47. The van der Waals surface area contributed by atoms with Crippen molar-refractivity contribution < 1.29 is 14.1 Å². The lowest BCUT2D eigenvalue weighted by Crippen LogP contribution is -2.05. The molecule has 5 heteroatoms. The van der Waals surface area contributed by atoms with E-state index in [1.54, 1.807) is 18.2 Å². The number of fused-ring (bicyclic) bond motifs is 1. The van der Waals surface area contributed by atoms with Crippen LogP contribution in [0.2, 0.25) is 0 Å². The molecule has 0 aliphatic rings. The monoisotopic (exact) mass is 335 g/mol. The van der Waals surface area contributed by atoms with Crippen molar-refractivity contribution in [1.29, 1.82) is 0 Å². The van der Waals surface area contributed by atoms with E-state index in [2.05, 4.69) is 17.3 Å². The van der Waals surface area contributed by atoms with Crippen molar-refractivity contribution in [2.75, 3.05) is 0 Å². The average Bonchev–Trinajstić information content (AvgIpc) is 3.26. The average molecular weight is 335 g/mol. The van der Waals surface area contributed by atoms with Gasteiger partial charge in [0.15, 0.2) is 5.58 Å². The van der Waals surface area contributed by atoms with Crippen LogP contribution in [-0.2, 0) is 6.42 Å². The van der Waals surface area contributed by atoms with Crippen molar-refractivity contribution in [1.82, 2.24) is 5.16 Å². The summed E-state index contributed by atoms with van der Waals surface area (Å²) in [6.45, 7) is 0. The van der Waals surface area contributed by atoms with Gasteiger partial charge in [0.2, 0.25) is 0 Å². The molecule has 4 nitrogen and oxygen atoms in total. The molecule has 0 bridgehead atoms. The van der Waals surface area contributed by atoms with Crippen LogP contribution < -0.4 is 4.74 Å². The molecule has 4 rings (SSSR count). The molecule has 0 aliphatic heterocycles. The first-order chi connectivity index (χ1) is 11.8. The van der Waals surface area contributed by atoms with Gasteiger partial charge in [-0.15, -0.1) is 11.3 Å². The third-order valence-corrected chi connectivity index (χ3v) is 4.52. The Kier molecular flexibility index (Phi) is 3.84. The summed E-state index contributed by atoms with van der Waals surface area (Å²) < 4.78 is 10.8. The van der Waals surface area contributed by atoms with Crippen LogP contribution in [-0.4, -0.2) is 11.1 Å². The standard InChI is InChI=1S/C19H13NO3S/c21-19(18-7-4-10-24-18)22-14-8-9-15-16(20-23-17(15)12-14)11-13-5-2-1-3-6-13/h1-10,12H,11H2. The van der Waals surface area contributed by atoms with E-state index in [-0.39, 0.29) is 5.97 Å². The van der Waals surface area contributed by atoms with Crippen molar-refractivity contribution >= 4 is 28.3 Å². The second-order valence-electron chi connectivity index (χ2n) is 5.32. The Bertz CT molecular complexity index is 974. The number of aromatic nitrogens is 1. The topological polar surface area (TPSA) is 52.3 Å². The Morgan fingerprint density at radius 2 is 1.96 bits per heavy atom. The summed E-state index contributed by atoms with van der Waals surface area (Å²) in [5.74, 6) is 0.0803. The van der Waals surface area contributed by atoms with E-state index >= 15 is 0 Å². The molecule has 0 saturated heterocycles. The molecule has 0 amide bonds. The molecular formula is C19H13NO3S. The van der Waals surface area contributed by atoms with Gasteiger partial charge in [0.25, 0.3) is 0 Å². The summed E-state index contributed by atoms with van der Waals surface area (Å²) in [7, 11) is 0. The lowest BCUT2D eigenvalue weighted by molar-refractivity contribution is 0.0740. The van der Waals surface area contributed by atoms with E-state index in [1.807, 2.05) is 35.7 Å². The molecule has 118 valence electrons. The molecule has 0 aliphatic carbocycles. The highest BCUT2D eigenvalue weighted by Crippen LogP contribution is 2.26. The maximum Gasteiger partial charge on any atom is 0.353 e. The van der Waals surface area contributed by atoms with Gasteiger partial charge in [-0.25, -0.2) is 4.79 Å². The smallest absolute Gasteiger partial charge is 0.353 e. The zero-order chi connectivity index (χ0) is 16.4. The molecule has 0 unspecified atom stereocenters. The van der Waals surface area contributed by atoms with Gasteiger partial charge in [0, 0.05) is 17.9 Å². The van der Waals surface area contributed by atoms with Crippen LogP contribution in [0.4, 0.5) is 0 Å². The van der Waals surface area contributed by atoms with Crippen LogP contribution in [0.3, 0.4) is 0 Å². The van der Waals surface area contributed by atoms with Crippen molar-refractivity contribution in [2.24, 2.45) is 0 Å². The minimum Gasteiger partial charge on any atom is -0.422 e. The molecule has 4 aromatic rings. The lowest BCUT2D eigenvalue weighted by Gasteiger charge is -2.02. The van der Waals surface area contributed by atoms with Crippen LogP contribution >= 0.6 is 11.3 Å². The molecule has 0 N–H and O–H groups in total. The van der Waals surface area contributed by atoms with Crippen LogP contribution in [0.5, 0.6) is 5.75 Å². The number of carbonyl (C=O) groups excluding carboxylic acids is 1. The second-order valence-corrected chi connectivity index (χ2v) is 6.26. The van der Waals surface area contributed by atoms with Gasteiger partial charge in [0.05, 0.1) is 5.69 Å². The summed E-state index contributed by atoms with van der Waals surface area (Å²) >= 11 is 1.35. The minimum atomic E-state index is -0.367. The normalized spacial score (nSPS) is 10.8. The molecule has 0 fully saturated rings. The Labute approximate surface area is 142 Å². The predicted octanol–water partition coefficient (Wildman–Crippen LogP) is 4.70.